The van der Waals surface area contributed by atoms with Crippen LogP contribution in [-0.2, 0) is 31.0 Å². The van der Waals surface area contributed by atoms with Gasteiger partial charge in [0.15, 0.2) is 0 Å². The minimum atomic E-state index is -3.46. The van der Waals surface area contributed by atoms with E-state index in [1.165, 1.54) is 19.3 Å². The first kappa shape index (κ1) is 25.6. The molecule has 2 aliphatic rings. The van der Waals surface area contributed by atoms with E-state index >= 15 is 0 Å². The summed E-state index contributed by atoms with van der Waals surface area (Å²) in [4.78, 5) is 33.0. The summed E-state index contributed by atoms with van der Waals surface area (Å²) < 4.78 is 29.9. The van der Waals surface area contributed by atoms with Gasteiger partial charge in [0.1, 0.15) is 6.61 Å². The minimum absolute atomic E-state index is 0.0372. The number of ether oxygens (including phenoxy) is 1. The van der Waals surface area contributed by atoms with Gasteiger partial charge in [-0.05, 0) is 17.7 Å². The molecule has 10 heteroatoms. The van der Waals surface area contributed by atoms with E-state index in [4.69, 9.17) is 9.84 Å². The van der Waals surface area contributed by atoms with Crippen LogP contribution in [0.5, 0.6) is 0 Å². The SMILES string of the molecule is O=C(CNS(=O)(=O)CCC1CCCCC1)CC([As])C(=O)O.O=C1OCc2cccc1c2. The minimum Gasteiger partial charge on any atom is -0.457 e. The molecule has 3 rings (SSSR count). The first-order chi connectivity index (χ1) is 14.7. The monoisotopic (exact) mass is 513 g/mol. The fourth-order valence-corrected chi connectivity index (χ4v) is 5.05. The number of carbonyl (C=O) groups is 3. The molecule has 1 atom stereocenters. The molecule has 2 radical (unpaired) electrons. The zero-order valence-corrected chi connectivity index (χ0v) is 20.0. The van der Waals surface area contributed by atoms with Gasteiger partial charge in [0.2, 0.25) is 0 Å². The Morgan fingerprint density at radius 2 is 1.94 bits per heavy atom. The van der Waals surface area contributed by atoms with Gasteiger partial charge in [0, 0.05) is 0 Å². The fraction of sp³-hybridized carbons (Fsp3) is 0.571. The third kappa shape index (κ3) is 9.54. The number of benzene rings is 1. The Kier molecular flexibility index (Phi) is 10.2. The van der Waals surface area contributed by atoms with Gasteiger partial charge in [-0.25, -0.2) is 4.79 Å². The Morgan fingerprint density at radius 3 is 2.58 bits per heavy atom. The summed E-state index contributed by atoms with van der Waals surface area (Å²) in [5.74, 6) is -1.20. The van der Waals surface area contributed by atoms with E-state index in [0.717, 1.165) is 18.4 Å². The van der Waals surface area contributed by atoms with Gasteiger partial charge in [0.25, 0.3) is 0 Å². The Hall–Kier alpha value is -1.70. The maximum Gasteiger partial charge on any atom is 0.338 e. The van der Waals surface area contributed by atoms with Crippen molar-refractivity contribution in [2.75, 3.05) is 12.3 Å². The molecule has 0 saturated heterocycles. The summed E-state index contributed by atoms with van der Waals surface area (Å²) in [6.45, 7) is 0.0984. The molecular weight excluding hydrogens is 485 g/mol. The average molecular weight is 513 g/mol. The molecule has 2 N–H and O–H groups in total. The Balaban J connectivity index is 0.000000280. The number of Topliss-reactive ketones (excluding diaryl/α,β-unsaturated/α-hetero) is 1. The van der Waals surface area contributed by atoms with Crippen LogP contribution in [0.25, 0.3) is 0 Å². The zero-order chi connectivity index (χ0) is 22.9. The smallest absolute Gasteiger partial charge is 0.338 e. The second kappa shape index (κ2) is 12.4. The molecule has 1 saturated carbocycles. The zero-order valence-electron chi connectivity index (χ0n) is 17.3. The number of aliphatic carboxylic acids is 1. The van der Waals surface area contributed by atoms with Crippen molar-refractivity contribution in [1.82, 2.24) is 4.72 Å². The van der Waals surface area contributed by atoms with Crippen molar-refractivity contribution in [3.05, 3.63) is 35.4 Å². The Labute approximate surface area is 191 Å². The van der Waals surface area contributed by atoms with Crippen molar-refractivity contribution >= 4 is 44.6 Å². The number of cyclic esters (lactones) is 1. The van der Waals surface area contributed by atoms with Crippen molar-refractivity contribution in [3.8, 4) is 0 Å². The van der Waals surface area contributed by atoms with Gasteiger partial charge in [-0.3, -0.25) is 0 Å². The Morgan fingerprint density at radius 1 is 1.23 bits per heavy atom. The van der Waals surface area contributed by atoms with Crippen LogP contribution in [-0.4, -0.2) is 60.4 Å². The largest absolute Gasteiger partial charge is 0.457 e. The Bertz CT molecular complexity index is 881. The normalized spacial score (nSPS) is 17.1. The molecule has 1 aromatic rings. The van der Waals surface area contributed by atoms with Gasteiger partial charge in [-0.1, -0.05) is 12.1 Å². The van der Waals surface area contributed by atoms with Crippen LogP contribution in [0.2, 0.25) is 4.71 Å². The number of esters is 1. The molecule has 1 fully saturated rings. The fourth-order valence-electron chi connectivity index (χ4n) is 3.46. The molecule has 0 amide bonds. The number of carboxylic acids is 1. The number of carbonyl (C=O) groups excluding carboxylic acids is 2. The quantitative estimate of drug-likeness (QED) is 0.383. The predicted octanol–water partition coefficient (Wildman–Crippen LogP) is 2.23. The molecule has 1 aliphatic heterocycles. The van der Waals surface area contributed by atoms with Gasteiger partial charge >= 0.3 is 140 Å². The third-order valence-electron chi connectivity index (χ3n) is 5.25. The van der Waals surface area contributed by atoms with Crippen LogP contribution < -0.4 is 4.72 Å². The molecule has 2 bridgehead atoms. The van der Waals surface area contributed by atoms with Crippen LogP contribution in [0.1, 0.15) is 60.9 Å². The second-order valence-electron chi connectivity index (χ2n) is 7.81. The van der Waals surface area contributed by atoms with E-state index in [2.05, 4.69) is 4.72 Å². The van der Waals surface area contributed by atoms with E-state index in [-0.39, 0.29) is 24.7 Å². The maximum atomic E-state index is 11.8. The number of fused-ring (bicyclic) bond motifs is 2. The van der Waals surface area contributed by atoms with Crippen molar-refractivity contribution in [2.24, 2.45) is 5.92 Å². The summed E-state index contributed by atoms with van der Waals surface area (Å²) in [5.41, 5.74) is 1.72. The van der Waals surface area contributed by atoms with E-state index in [1.54, 1.807) is 6.07 Å². The van der Waals surface area contributed by atoms with Crippen molar-refractivity contribution in [1.29, 1.82) is 0 Å². The van der Waals surface area contributed by atoms with Crippen LogP contribution in [0.4, 0.5) is 0 Å². The summed E-state index contributed by atoms with van der Waals surface area (Å²) >= 11 is 1.90. The number of carboxylic acid groups (broad SMARTS) is 1. The number of nitrogens with one attached hydrogen (secondary N) is 1. The maximum absolute atomic E-state index is 11.8. The van der Waals surface area contributed by atoms with Crippen LogP contribution in [0.15, 0.2) is 24.3 Å². The standard InChI is InChI=1S/C13H22AsNO5S.C8H6O2/c14-12(13(17)18)8-11(16)9-15-21(19,20)7-6-10-4-2-1-3-5-10;9-8-7-3-1-2-6(4-7)5-10-8/h10,12,15H,1-9H2,(H,17,18);1-4H,5H2. The van der Waals surface area contributed by atoms with E-state index in [9.17, 15) is 22.8 Å². The third-order valence-corrected chi connectivity index (χ3v) is 7.45. The number of rotatable bonds is 9. The van der Waals surface area contributed by atoms with Gasteiger partial charge < -0.3 is 4.74 Å². The molecule has 0 spiro atoms. The molecular formula is C21H28AsNO7S. The van der Waals surface area contributed by atoms with E-state index in [0.29, 0.717) is 24.5 Å². The molecule has 1 heterocycles. The number of hydrogen-bond acceptors (Lipinski definition) is 6. The van der Waals surface area contributed by atoms with Gasteiger partial charge in [-0.15, -0.1) is 0 Å². The van der Waals surface area contributed by atoms with Crippen LogP contribution >= 0.6 is 0 Å². The van der Waals surface area contributed by atoms with Crippen molar-refractivity contribution in [2.45, 2.75) is 56.3 Å². The molecule has 170 valence electrons. The van der Waals surface area contributed by atoms with Crippen LogP contribution in [0, 0.1) is 5.92 Å². The van der Waals surface area contributed by atoms with Gasteiger partial charge in [-0.2, -0.15) is 0 Å². The van der Waals surface area contributed by atoms with Gasteiger partial charge in [0.05, 0.1) is 5.56 Å². The van der Waals surface area contributed by atoms with Crippen LogP contribution in [0.3, 0.4) is 0 Å². The molecule has 0 aromatic heterocycles. The number of hydrogen-bond donors (Lipinski definition) is 2. The summed E-state index contributed by atoms with van der Waals surface area (Å²) in [7, 11) is -3.46. The first-order valence-corrected chi connectivity index (χ1v) is 13.1. The van der Waals surface area contributed by atoms with E-state index < -0.39 is 26.5 Å². The summed E-state index contributed by atoms with van der Waals surface area (Å²) in [6, 6.07) is 7.41. The number of sulfonamides is 1. The first-order valence-electron chi connectivity index (χ1n) is 10.3. The molecule has 8 nitrogen and oxygen atoms in total. The molecule has 31 heavy (non-hydrogen) atoms. The van der Waals surface area contributed by atoms with Crippen molar-refractivity contribution in [3.63, 3.8) is 0 Å². The topological polar surface area (TPSA) is 127 Å². The summed E-state index contributed by atoms with van der Waals surface area (Å²) in [5, 5.41) is 8.68. The molecule has 1 aromatic carbocycles. The van der Waals surface area contributed by atoms with Crippen molar-refractivity contribution < 1.29 is 32.6 Å². The molecule has 1 aliphatic carbocycles. The molecule has 1 unspecified atom stereocenters. The second-order valence-corrected chi connectivity index (χ2v) is 11.0. The average Bonchev–Trinajstić information content (AvgIpc) is 2.75. The predicted molar refractivity (Wildman–Crippen MR) is 115 cm³/mol. The van der Waals surface area contributed by atoms with E-state index in [1.807, 2.05) is 35.1 Å². The summed E-state index contributed by atoms with van der Waals surface area (Å²) in [6.07, 6.45) is 6.19. The number of ketones is 1.